The first-order valence-electron chi connectivity index (χ1n) is 4.14. The molecule has 0 atom stereocenters. The molecule has 5 heteroatoms. The van der Waals surface area contributed by atoms with Crippen molar-refractivity contribution in [2.45, 2.75) is 19.8 Å². The fraction of sp³-hybridized carbons (Fsp3) is 0.625. The second-order valence-corrected chi connectivity index (χ2v) is 2.82. The SMILES string of the molecule is CCOC(=O)C(N=O)=C(O)C1CC1. The van der Waals surface area contributed by atoms with Gasteiger partial charge >= 0.3 is 5.97 Å². The van der Waals surface area contributed by atoms with E-state index in [1.807, 2.05) is 0 Å². The van der Waals surface area contributed by atoms with Crippen LogP contribution in [0.15, 0.2) is 16.6 Å². The third kappa shape index (κ3) is 2.27. The number of esters is 1. The second kappa shape index (κ2) is 4.02. The van der Waals surface area contributed by atoms with Gasteiger partial charge in [-0.25, -0.2) is 4.79 Å². The van der Waals surface area contributed by atoms with Crippen molar-refractivity contribution >= 4 is 5.97 Å². The van der Waals surface area contributed by atoms with Crippen LogP contribution in [0.1, 0.15) is 19.8 Å². The Morgan fingerprint density at radius 2 is 2.23 bits per heavy atom. The molecule has 0 aromatic rings. The predicted octanol–water partition coefficient (Wildman–Crippen LogP) is 1.50. The molecule has 0 spiro atoms. The highest BCUT2D eigenvalue weighted by atomic mass is 16.5. The molecule has 1 fully saturated rings. The zero-order chi connectivity index (χ0) is 9.84. The monoisotopic (exact) mass is 185 g/mol. The van der Waals surface area contributed by atoms with E-state index < -0.39 is 11.7 Å². The van der Waals surface area contributed by atoms with Gasteiger partial charge in [-0.05, 0) is 24.9 Å². The van der Waals surface area contributed by atoms with Crippen LogP contribution in [0.3, 0.4) is 0 Å². The van der Waals surface area contributed by atoms with E-state index in [0.29, 0.717) is 0 Å². The Bertz CT molecular complexity index is 255. The summed E-state index contributed by atoms with van der Waals surface area (Å²) in [5.41, 5.74) is -0.482. The molecule has 0 aromatic heterocycles. The van der Waals surface area contributed by atoms with E-state index in [9.17, 15) is 14.8 Å². The van der Waals surface area contributed by atoms with Gasteiger partial charge in [0.2, 0.25) is 5.70 Å². The molecular weight excluding hydrogens is 174 g/mol. The molecule has 1 rings (SSSR count). The van der Waals surface area contributed by atoms with Crippen LogP contribution in [0.5, 0.6) is 0 Å². The highest BCUT2D eigenvalue weighted by Gasteiger charge is 2.32. The molecule has 1 aliphatic rings. The lowest BCUT2D eigenvalue weighted by Crippen LogP contribution is -2.09. The topological polar surface area (TPSA) is 76.0 Å². The molecule has 1 aliphatic carbocycles. The molecule has 0 amide bonds. The van der Waals surface area contributed by atoms with E-state index in [1.54, 1.807) is 6.92 Å². The van der Waals surface area contributed by atoms with Gasteiger partial charge in [-0.15, -0.1) is 4.91 Å². The minimum absolute atomic E-state index is 0.0721. The Balaban J connectivity index is 2.74. The average Bonchev–Trinajstić information content (AvgIpc) is 2.88. The number of hydrogen-bond acceptors (Lipinski definition) is 5. The number of hydrogen-bond donors (Lipinski definition) is 1. The lowest BCUT2D eigenvalue weighted by molar-refractivity contribution is -0.138. The Kier molecular flexibility index (Phi) is 3.00. The first-order valence-corrected chi connectivity index (χ1v) is 4.14. The number of carbonyl (C=O) groups is 1. The summed E-state index contributed by atoms with van der Waals surface area (Å²) >= 11 is 0. The van der Waals surface area contributed by atoms with Crippen LogP contribution < -0.4 is 0 Å². The first kappa shape index (κ1) is 9.70. The van der Waals surface area contributed by atoms with Crippen molar-refractivity contribution in [1.82, 2.24) is 0 Å². The first-order chi connectivity index (χ1) is 6.20. The molecular formula is C8H11NO4. The number of rotatable bonds is 4. The van der Waals surface area contributed by atoms with Gasteiger partial charge in [0.1, 0.15) is 5.76 Å². The van der Waals surface area contributed by atoms with Gasteiger partial charge in [-0.1, -0.05) is 0 Å². The van der Waals surface area contributed by atoms with Gasteiger partial charge in [-0.3, -0.25) is 0 Å². The second-order valence-electron chi connectivity index (χ2n) is 2.82. The van der Waals surface area contributed by atoms with Crippen molar-refractivity contribution < 1.29 is 14.6 Å². The Morgan fingerprint density at radius 3 is 2.62 bits per heavy atom. The lowest BCUT2D eigenvalue weighted by Gasteiger charge is -2.01. The fourth-order valence-corrected chi connectivity index (χ4v) is 0.938. The minimum Gasteiger partial charge on any atom is -0.509 e. The molecule has 1 N–H and O–H groups in total. The van der Waals surface area contributed by atoms with Crippen molar-refractivity contribution in [3.05, 3.63) is 16.4 Å². The molecule has 0 saturated heterocycles. The number of allylic oxidation sites excluding steroid dienone is 1. The summed E-state index contributed by atoms with van der Waals surface area (Å²) in [5.74, 6) is -1.15. The van der Waals surface area contributed by atoms with Gasteiger partial charge in [-0.2, -0.15) is 0 Å². The molecule has 0 unspecified atom stereocenters. The van der Waals surface area contributed by atoms with Crippen LogP contribution in [0.4, 0.5) is 0 Å². The quantitative estimate of drug-likeness (QED) is 0.311. The highest BCUT2D eigenvalue weighted by molar-refractivity contribution is 5.88. The van der Waals surface area contributed by atoms with Crippen molar-refractivity contribution in [2.75, 3.05) is 6.61 Å². The zero-order valence-corrected chi connectivity index (χ0v) is 7.32. The number of aliphatic hydroxyl groups excluding tert-OH is 1. The Labute approximate surface area is 75.4 Å². The van der Waals surface area contributed by atoms with E-state index in [2.05, 4.69) is 9.91 Å². The molecule has 13 heavy (non-hydrogen) atoms. The smallest absolute Gasteiger partial charge is 0.364 e. The van der Waals surface area contributed by atoms with Gasteiger partial charge in [0.25, 0.3) is 0 Å². The number of aliphatic hydroxyl groups is 1. The minimum atomic E-state index is -0.845. The van der Waals surface area contributed by atoms with Gasteiger partial charge < -0.3 is 9.84 Å². The van der Waals surface area contributed by atoms with E-state index in [0.717, 1.165) is 12.8 Å². The Morgan fingerprint density at radius 1 is 1.62 bits per heavy atom. The maximum absolute atomic E-state index is 11.0. The van der Waals surface area contributed by atoms with Crippen LogP contribution in [0, 0.1) is 10.8 Å². The molecule has 0 aromatic carbocycles. The third-order valence-electron chi connectivity index (χ3n) is 1.77. The third-order valence-corrected chi connectivity index (χ3v) is 1.77. The number of carbonyl (C=O) groups excluding carboxylic acids is 1. The van der Waals surface area contributed by atoms with Gasteiger partial charge in [0.15, 0.2) is 0 Å². The average molecular weight is 185 g/mol. The van der Waals surface area contributed by atoms with Crippen molar-refractivity contribution in [1.29, 1.82) is 0 Å². The van der Waals surface area contributed by atoms with Gasteiger partial charge in [0.05, 0.1) is 6.61 Å². The van der Waals surface area contributed by atoms with E-state index in [4.69, 9.17) is 0 Å². The normalized spacial score (nSPS) is 17.6. The standard InChI is InChI=1S/C8H11NO4/c1-2-13-8(11)6(9-12)7(10)5-3-4-5/h5,10H,2-4H2,1H3. The van der Waals surface area contributed by atoms with Crippen molar-refractivity contribution in [3.8, 4) is 0 Å². The number of ether oxygens (including phenoxy) is 1. The van der Waals surface area contributed by atoms with E-state index in [1.165, 1.54) is 0 Å². The van der Waals surface area contributed by atoms with Crippen LogP contribution >= 0.6 is 0 Å². The maximum Gasteiger partial charge on any atom is 0.364 e. The Hall–Kier alpha value is -1.39. The van der Waals surface area contributed by atoms with Crippen LogP contribution in [-0.4, -0.2) is 17.7 Å². The van der Waals surface area contributed by atoms with Crippen LogP contribution in [0.25, 0.3) is 0 Å². The summed E-state index contributed by atoms with van der Waals surface area (Å²) in [7, 11) is 0. The van der Waals surface area contributed by atoms with Crippen LogP contribution in [0.2, 0.25) is 0 Å². The fourth-order valence-electron chi connectivity index (χ4n) is 0.938. The molecule has 0 bridgehead atoms. The summed E-state index contributed by atoms with van der Waals surface area (Å²) < 4.78 is 4.54. The summed E-state index contributed by atoms with van der Waals surface area (Å²) in [6.07, 6.45) is 1.59. The van der Waals surface area contributed by atoms with Gasteiger partial charge in [0, 0.05) is 5.92 Å². The van der Waals surface area contributed by atoms with E-state index in [-0.39, 0.29) is 18.3 Å². The zero-order valence-electron chi connectivity index (χ0n) is 7.32. The summed E-state index contributed by atoms with van der Waals surface area (Å²) in [6, 6.07) is 0. The van der Waals surface area contributed by atoms with Crippen molar-refractivity contribution in [3.63, 3.8) is 0 Å². The molecule has 1 saturated carbocycles. The maximum atomic E-state index is 11.0. The molecule has 5 nitrogen and oxygen atoms in total. The van der Waals surface area contributed by atoms with Crippen LogP contribution in [-0.2, 0) is 9.53 Å². The number of nitrogens with zero attached hydrogens (tertiary/aromatic N) is 1. The van der Waals surface area contributed by atoms with E-state index >= 15 is 0 Å². The lowest BCUT2D eigenvalue weighted by atomic mass is 10.3. The predicted molar refractivity (Wildman–Crippen MR) is 44.8 cm³/mol. The number of nitroso groups, excluding NO2 is 1. The van der Waals surface area contributed by atoms with Crippen molar-refractivity contribution in [2.24, 2.45) is 11.1 Å². The molecule has 0 radical (unpaired) electrons. The summed E-state index contributed by atoms with van der Waals surface area (Å²) in [6.45, 7) is 1.78. The summed E-state index contributed by atoms with van der Waals surface area (Å²) in [5, 5.41) is 11.8. The molecule has 0 heterocycles. The largest absolute Gasteiger partial charge is 0.509 e. The molecule has 0 aliphatic heterocycles. The highest BCUT2D eigenvalue weighted by Crippen LogP contribution is 2.36. The molecule has 72 valence electrons. The summed E-state index contributed by atoms with van der Waals surface area (Å²) in [4.78, 5) is 21.2.